The molecule has 0 heterocycles. The second-order valence-electron chi connectivity index (χ2n) is 6.36. The molecule has 3 aromatic carbocycles. The number of methoxy groups -OCH3 is 1. The Balaban J connectivity index is 1.72. The van der Waals surface area contributed by atoms with Gasteiger partial charge in [0.1, 0.15) is 6.61 Å². The van der Waals surface area contributed by atoms with Crippen LogP contribution in [0.5, 0.6) is 11.5 Å². The highest BCUT2D eigenvalue weighted by atomic mass is 35.5. The molecule has 0 aliphatic rings. The minimum Gasteiger partial charge on any atom is -0.493 e. The van der Waals surface area contributed by atoms with E-state index in [4.69, 9.17) is 44.3 Å². The SMILES string of the molecule is COc1cc(CNc2ccc(Cl)c(C(=O)O)c2)c(Cl)cc1OCc1ccc(Cl)cc1. The number of halogens is 3. The minimum atomic E-state index is -1.09. The fourth-order valence-electron chi connectivity index (χ4n) is 2.72. The molecule has 0 saturated carbocycles. The fourth-order valence-corrected chi connectivity index (χ4v) is 3.27. The van der Waals surface area contributed by atoms with Crippen LogP contribution in [0.3, 0.4) is 0 Å². The van der Waals surface area contributed by atoms with Crippen molar-refractivity contribution in [1.29, 1.82) is 0 Å². The van der Waals surface area contributed by atoms with Gasteiger partial charge in [0.15, 0.2) is 11.5 Å². The third kappa shape index (κ3) is 5.51. The van der Waals surface area contributed by atoms with Crippen molar-refractivity contribution in [1.82, 2.24) is 0 Å². The van der Waals surface area contributed by atoms with Gasteiger partial charge in [0.25, 0.3) is 0 Å². The van der Waals surface area contributed by atoms with E-state index in [1.54, 1.807) is 37.4 Å². The van der Waals surface area contributed by atoms with E-state index in [0.29, 0.717) is 40.4 Å². The van der Waals surface area contributed by atoms with Gasteiger partial charge in [-0.15, -0.1) is 0 Å². The minimum absolute atomic E-state index is 0.0243. The molecular formula is C22H18Cl3NO4. The molecule has 156 valence electrons. The maximum atomic E-state index is 11.2. The Kier molecular flexibility index (Phi) is 7.32. The van der Waals surface area contributed by atoms with E-state index in [1.165, 1.54) is 12.1 Å². The third-order valence-corrected chi connectivity index (χ3v) is 5.25. The highest BCUT2D eigenvalue weighted by Gasteiger charge is 2.13. The van der Waals surface area contributed by atoms with Crippen LogP contribution in [-0.2, 0) is 13.2 Å². The molecule has 2 N–H and O–H groups in total. The topological polar surface area (TPSA) is 67.8 Å². The monoisotopic (exact) mass is 465 g/mol. The number of hydrogen-bond donors (Lipinski definition) is 2. The van der Waals surface area contributed by atoms with Crippen LogP contribution in [-0.4, -0.2) is 18.2 Å². The second-order valence-corrected chi connectivity index (χ2v) is 7.61. The first-order chi connectivity index (χ1) is 14.4. The van der Waals surface area contributed by atoms with Gasteiger partial charge in [-0.1, -0.05) is 46.9 Å². The smallest absolute Gasteiger partial charge is 0.337 e. The van der Waals surface area contributed by atoms with Crippen molar-refractivity contribution in [2.75, 3.05) is 12.4 Å². The van der Waals surface area contributed by atoms with Gasteiger partial charge in [-0.3, -0.25) is 0 Å². The molecule has 3 rings (SSSR count). The van der Waals surface area contributed by atoms with Gasteiger partial charge in [0.05, 0.1) is 17.7 Å². The molecule has 0 unspecified atom stereocenters. The molecule has 3 aromatic rings. The molecule has 0 aliphatic carbocycles. The summed E-state index contributed by atoms with van der Waals surface area (Å²) >= 11 is 18.2. The van der Waals surface area contributed by atoms with Gasteiger partial charge < -0.3 is 19.9 Å². The highest BCUT2D eigenvalue weighted by Crippen LogP contribution is 2.34. The maximum Gasteiger partial charge on any atom is 0.337 e. The summed E-state index contributed by atoms with van der Waals surface area (Å²) in [6, 6.07) is 15.5. The number of anilines is 1. The predicted octanol–water partition coefficient (Wildman–Crippen LogP) is 6.54. The van der Waals surface area contributed by atoms with Gasteiger partial charge >= 0.3 is 5.97 Å². The normalized spacial score (nSPS) is 10.5. The largest absolute Gasteiger partial charge is 0.493 e. The number of aromatic carboxylic acids is 1. The number of rotatable bonds is 8. The van der Waals surface area contributed by atoms with Crippen LogP contribution in [0.25, 0.3) is 0 Å². The summed E-state index contributed by atoms with van der Waals surface area (Å²) in [6.45, 7) is 0.692. The van der Waals surface area contributed by atoms with Crippen molar-refractivity contribution < 1.29 is 19.4 Å². The zero-order chi connectivity index (χ0) is 21.7. The molecule has 30 heavy (non-hydrogen) atoms. The summed E-state index contributed by atoms with van der Waals surface area (Å²) in [5, 5.41) is 13.7. The molecule has 0 radical (unpaired) electrons. The van der Waals surface area contributed by atoms with Crippen LogP contribution in [0.4, 0.5) is 5.69 Å². The van der Waals surface area contributed by atoms with Crippen LogP contribution in [0.15, 0.2) is 54.6 Å². The number of carboxylic acids is 1. The molecule has 0 aromatic heterocycles. The zero-order valence-corrected chi connectivity index (χ0v) is 18.2. The number of benzene rings is 3. The summed E-state index contributed by atoms with van der Waals surface area (Å²) in [7, 11) is 1.55. The lowest BCUT2D eigenvalue weighted by molar-refractivity contribution is 0.0697. The Morgan fingerprint density at radius 2 is 1.70 bits per heavy atom. The van der Waals surface area contributed by atoms with Crippen LogP contribution < -0.4 is 14.8 Å². The van der Waals surface area contributed by atoms with Gasteiger partial charge in [-0.25, -0.2) is 4.79 Å². The maximum absolute atomic E-state index is 11.2. The highest BCUT2D eigenvalue weighted by molar-refractivity contribution is 6.33. The van der Waals surface area contributed by atoms with E-state index < -0.39 is 5.97 Å². The Bertz CT molecular complexity index is 1050. The van der Waals surface area contributed by atoms with Crippen LogP contribution in [0.1, 0.15) is 21.5 Å². The van der Waals surface area contributed by atoms with Gasteiger partial charge in [0, 0.05) is 28.3 Å². The van der Waals surface area contributed by atoms with Crippen molar-refractivity contribution in [3.63, 3.8) is 0 Å². The molecule has 0 amide bonds. The Morgan fingerprint density at radius 3 is 2.37 bits per heavy atom. The number of nitrogens with one attached hydrogen (secondary N) is 1. The third-order valence-electron chi connectivity index (χ3n) is 4.32. The fraction of sp³-hybridized carbons (Fsp3) is 0.136. The summed E-state index contributed by atoms with van der Waals surface area (Å²) in [4.78, 5) is 11.2. The summed E-state index contributed by atoms with van der Waals surface area (Å²) in [5.74, 6) is -0.0427. The van der Waals surface area contributed by atoms with E-state index in [-0.39, 0.29) is 10.6 Å². The van der Waals surface area contributed by atoms with Crippen molar-refractivity contribution in [2.45, 2.75) is 13.2 Å². The lowest BCUT2D eigenvalue weighted by atomic mass is 10.1. The van der Waals surface area contributed by atoms with Gasteiger partial charge in [0.2, 0.25) is 0 Å². The number of carboxylic acid groups (broad SMARTS) is 1. The van der Waals surface area contributed by atoms with E-state index in [1.807, 2.05) is 12.1 Å². The second kappa shape index (κ2) is 9.94. The first kappa shape index (κ1) is 22.1. The lowest BCUT2D eigenvalue weighted by Gasteiger charge is -2.15. The van der Waals surface area contributed by atoms with E-state index in [9.17, 15) is 9.90 Å². The van der Waals surface area contributed by atoms with Crippen molar-refractivity contribution in [3.8, 4) is 11.5 Å². The van der Waals surface area contributed by atoms with Crippen LogP contribution in [0.2, 0.25) is 15.1 Å². The van der Waals surface area contributed by atoms with E-state index >= 15 is 0 Å². The molecular weight excluding hydrogens is 449 g/mol. The number of ether oxygens (including phenoxy) is 2. The van der Waals surface area contributed by atoms with Gasteiger partial charge in [-0.2, -0.15) is 0 Å². The molecule has 0 fully saturated rings. The Labute approximate surface area is 189 Å². The van der Waals surface area contributed by atoms with E-state index in [2.05, 4.69) is 5.32 Å². The van der Waals surface area contributed by atoms with Crippen molar-refractivity contribution >= 4 is 46.5 Å². The molecule has 5 nitrogen and oxygen atoms in total. The van der Waals surface area contributed by atoms with Gasteiger partial charge in [-0.05, 0) is 47.5 Å². The first-order valence-electron chi connectivity index (χ1n) is 8.87. The van der Waals surface area contributed by atoms with Crippen molar-refractivity contribution in [2.24, 2.45) is 0 Å². The molecule has 0 bridgehead atoms. The summed E-state index contributed by atoms with van der Waals surface area (Å²) < 4.78 is 11.3. The first-order valence-corrected chi connectivity index (χ1v) is 10.0. The molecule has 0 saturated heterocycles. The number of hydrogen-bond acceptors (Lipinski definition) is 4. The number of carbonyl (C=O) groups is 1. The van der Waals surface area contributed by atoms with Crippen LogP contribution >= 0.6 is 34.8 Å². The lowest BCUT2D eigenvalue weighted by Crippen LogP contribution is -2.04. The predicted molar refractivity (Wildman–Crippen MR) is 120 cm³/mol. The standard InChI is InChI=1S/C22H18Cl3NO4/c1-29-20-8-14(11-26-16-6-7-18(24)17(9-16)22(27)28)19(25)10-21(20)30-12-13-2-4-15(23)5-3-13/h2-10,26H,11-12H2,1H3,(H,27,28). The average molecular weight is 467 g/mol. The molecule has 0 spiro atoms. The summed E-state index contributed by atoms with van der Waals surface area (Å²) in [6.07, 6.45) is 0. The summed E-state index contributed by atoms with van der Waals surface area (Å²) in [5.41, 5.74) is 2.35. The van der Waals surface area contributed by atoms with Crippen LogP contribution in [0, 0.1) is 0 Å². The Morgan fingerprint density at radius 1 is 0.967 bits per heavy atom. The Hall–Kier alpha value is -2.60. The molecule has 0 aliphatic heterocycles. The zero-order valence-electron chi connectivity index (χ0n) is 15.9. The van der Waals surface area contributed by atoms with E-state index in [0.717, 1.165) is 11.1 Å². The average Bonchev–Trinajstić information content (AvgIpc) is 2.73. The van der Waals surface area contributed by atoms with Crippen molar-refractivity contribution in [3.05, 3.63) is 86.4 Å². The molecule has 0 atom stereocenters. The molecule has 8 heteroatoms. The quantitative estimate of drug-likeness (QED) is 0.394.